The van der Waals surface area contributed by atoms with Gasteiger partial charge < -0.3 is 5.11 Å². The van der Waals surface area contributed by atoms with Crippen LogP contribution in [0.1, 0.15) is 31.8 Å². The van der Waals surface area contributed by atoms with Crippen LogP contribution in [0, 0.1) is 0 Å². The third-order valence-corrected chi connectivity index (χ3v) is 3.60. The van der Waals surface area contributed by atoms with Gasteiger partial charge in [-0.25, -0.2) is 0 Å². The number of para-hydroxylation sites is 1. The lowest BCUT2D eigenvalue weighted by atomic mass is 9.93. The summed E-state index contributed by atoms with van der Waals surface area (Å²) in [6, 6.07) is 21.8. The molecule has 0 fully saturated rings. The number of phenols is 1. The van der Waals surface area contributed by atoms with Crippen molar-refractivity contribution in [2.24, 2.45) is 0 Å². The van der Waals surface area contributed by atoms with Gasteiger partial charge in [0.2, 0.25) is 0 Å². The molecule has 3 heteroatoms. The van der Waals surface area contributed by atoms with E-state index in [0.717, 1.165) is 0 Å². The zero-order valence-corrected chi connectivity index (χ0v) is 12.3. The molecule has 0 radical (unpaired) electrons. The molecule has 0 heterocycles. The molecule has 0 aromatic heterocycles. The molecule has 0 aliphatic carbocycles. The summed E-state index contributed by atoms with van der Waals surface area (Å²) in [5.74, 6) is -0.688. The van der Waals surface area contributed by atoms with Crippen molar-refractivity contribution >= 4 is 11.6 Å². The Kier molecular flexibility index (Phi) is 4.02. The smallest absolute Gasteiger partial charge is 0.197 e. The van der Waals surface area contributed by atoms with E-state index in [2.05, 4.69) is 0 Å². The number of phenolic OH excluding ortho intramolecular Hbond substituents is 1. The van der Waals surface area contributed by atoms with E-state index in [4.69, 9.17) is 0 Å². The van der Waals surface area contributed by atoms with Gasteiger partial charge in [0, 0.05) is 16.7 Å². The minimum Gasteiger partial charge on any atom is -0.507 e. The first-order chi connectivity index (χ1) is 11.2. The maximum absolute atomic E-state index is 12.7. The standard InChI is InChI=1S/C20H14O3/c21-18-13-7-6-12-17(18)20(23)16-11-5-4-10-15(16)19(22)14-8-2-1-3-9-14/h1-13,21H. The fourth-order valence-electron chi connectivity index (χ4n) is 2.43. The number of hydrogen-bond acceptors (Lipinski definition) is 3. The average molecular weight is 302 g/mol. The molecule has 3 aromatic rings. The summed E-state index contributed by atoms with van der Waals surface area (Å²) < 4.78 is 0. The minimum absolute atomic E-state index is 0.0977. The molecule has 0 aliphatic rings. The highest BCUT2D eigenvalue weighted by atomic mass is 16.3. The van der Waals surface area contributed by atoms with Gasteiger partial charge in [-0.1, -0.05) is 66.7 Å². The molecule has 0 saturated carbocycles. The van der Waals surface area contributed by atoms with Crippen LogP contribution in [-0.2, 0) is 0 Å². The molecule has 0 aliphatic heterocycles. The lowest BCUT2D eigenvalue weighted by Gasteiger charge is -2.09. The Balaban J connectivity index is 2.07. The summed E-state index contributed by atoms with van der Waals surface area (Å²) in [6.07, 6.45) is 0. The van der Waals surface area contributed by atoms with E-state index in [1.807, 2.05) is 6.07 Å². The molecular formula is C20H14O3. The van der Waals surface area contributed by atoms with Gasteiger partial charge in [-0.2, -0.15) is 0 Å². The second-order valence-electron chi connectivity index (χ2n) is 5.09. The fraction of sp³-hybridized carbons (Fsp3) is 0. The van der Waals surface area contributed by atoms with Gasteiger partial charge in [-0.15, -0.1) is 0 Å². The first-order valence-electron chi connectivity index (χ1n) is 7.20. The molecule has 0 spiro atoms. The predicted molar refractivity (Wildman–Crippen MR) is 87.9 cm³/mol. The van der Waals surface area contributed by atoms with Gasteiger partial charge in [0.15, 0.2) is 11.6 Å². The number of carbonyl (C=O) groups is 2. The van der Waals surface area contributed by atoms with E-state index in [-0.39, 0.29) is 28.4 Å². The Morgan fingerprint density at radius 3 is 1.65 bits per heavy atom. The molecule has 23 heavy (non-hydrogen) atoms. The molecule has 1 N–H and O–H groups in total. The van der Waals surface area contributed by atoms with Crippen LogP contribution in [0.4, 0.5) is 0 Å². The number of aromatic hydroxyl groups is 1. The van der Waals surface area contributed by atoms with Gasteiger partial charge in [-0.05, 0) is 12.1 Å². The van der Waals surface area contributed by atoms with Crippen LogP contribution in [0.3, 0.4) is 0 Å². The zero-order chi connectivity index (χ0) is 16.2. The van der Waals surface area contributed by atoms with Crippen molar-refractivity contribution in [1.82, 2.24) is 0 Å². The van der Waals surface area contributed by atoms with Gasteiger partial charge in [0.05, 0.1) is 5.56 Å². The highest BCUT2D eigenvalue weighted by Gasteiger charge is 2.20. The monoisotopic (exact) mass is 302 g/mol. The van der Waals surface area contributed by atoms with Crippen molar-refractivity contribution in [1.29, 1.82) is 0 Å². The van der Waals surface area contributed by atoms with Gasteiger partial charge >= 0.3 is 0 Å². The van der Waals surface area contributed by atoms with Gasteiger partial charge in [0.25, 0.3) is 0 Å². The van der Waals surface area contributed by atoms with E-state index < -0.39 is 0 Å². The van der Waals surface area contributed by atoms with E-state index in [1.165, 1.54) is 6.07 Å². The molecule has 0 bridgehead atoms. The van der Waals surface area contributed by atoms with Crippen LogP contribution in [0.15, 0.2) is 78.9 Å². The SMILES string of the molecule is O=C(c1ccccc1)c1ccccc1C(=O)c1ccccc1O. The molecule has 0 unspecified atom stereocenters. The maximum atomic E-state index is 12.7. The average Bonchev–Trinajstić information content (AvgIpc) is 2.62. The molecule has 0 amide bonds. The summed E-state index contributed by atoms with van der Waals surface area (Å²) in [5.41, 5.74) is 1.31. The van der Waals surface area contributed by atoms with Crippen LogP contribution in [0.5, 0.6) is 5.75 Å². The lowest BCUT2D eigenvalue weighted by Crippen LogP contribution is -2.11. The topological polar surface area (TPSA) is 54.4 Å². The second kappa shape index (κ2) is 6.28. The molecule has 3 rings (SSSR count). The molecule has 3 aromatic carbocycles. The molecule has 0 saturated heterocycles. The van der Waals surface area contributed by atoms with Crippen molar-refractivity contribution in [3.8, 4) is 5.75 Å². The summed E-state index contributed by atoms with van der Waals surface area (Å²) in [4.78, 5) is 25.4. The predicted octanol–water partition coefficient (Wildman–Crippen LogP) is 3.85. The highest BCUT2D eigenvalue weighted by molar-refractivity contribution is 6.20. The Morgan fingerprint density at radius 2 is 1.04 bits per heavy atom. The summed E-state index contributed by atoms with van der Waals surface area (Å²) in [5, 5.41) is 9.88. The van der Waals surface area contributed by atoms with Crippen LogP contribution >= 0.6 is 0 Å². The van der Waals surface area contributed by atoms with E-state index in [1.54, 1.807) is 66.7 Å². The van der Waals surface area contributed by atoms with Crippen molar-refractivity contribution in [2.75, 3.05) is 0 Å². The van der Waals surface area contributed by atoms with Crippen molar-refractivity contribution in [3.63, 3.8) is 0 Å². The number of ketones is 2. The third kappa shape index (κ3) is 2.90. The minimum atomic E-state index is -0.372. The molecule has 0 atom stereocenters. The Morgan fingerprint density at radius 1 is 0.565 bits per heavy atom. The fourth-order valence-corrected chi connectivity index (χ4v) is 2.43. The van der Waals surface area contributed by atoms with Crippen LogP contribution in [0.2, 0.25) is 0 Å². The highest BCUT2D eigenvalue weighted by Crippen LogP contribution is 2.23. The summed E-state index contributed by atoms with van der Waals surface area (Å²) in [6.45, 7) is 0. The number of carbonyl (C=O) groups excluding carboxylic acids is 2. The summed E-state index contributed by atoms with van der Waals surface area (Å²) in [7, 11) is 0. The first kappa shape index (κ1) is 14.7. The van der Waals surface area contributed by atoms with Crippen LogP contribution < -0.4 is 0 Å². The van der Waals surface area contributed by atoms with Crippen molar-refractivity contribution in [3.05, 3.63) is 101 Å². The normalized spacial score (nSPS) is 10.3. The third-order valence-electron chi connectivity index (χ3n) is 3.60. The molecular weight excluding hydrogens is 288 g/mol. The first-order valence-corrected chi connectivity index (χ1v) is 7.20. The maximum Gasteiger partial charge on any atom is 0.197 e. The lowest BCUT2D eigenvalue weighted by molar-refractivity contribution is 0.100. The van der Waals surface area contributed by atoms with Crippen LogP contribution in [-0.4, -0.2) is 16.7 Å². The van der Waals surface area contributed by atoms with Crippen molar-refractivity contribution in [2.45, 2.75) is 0 Å². The second-order valence-corrected chi connectivity index (χ2v) is 5.09. The summed E-state index contributed by atoms with van der Waals surface area (Å²) >= 11 is 0. The number of benzene rings is 3. The van der Waals surface area contributed by atoms with Gasteiger partial charge in [-0.3, -0.25) is 9.59 Å². The number of rotatable bonds is 4. The van der Waals surface area contributed by atoms with E-state index in [9.17, 15) is 14.7 Å². The van der Waals surface area contributed by atoms with Gasteiger partial charge in [0.1, 0.15) is 5.75 Å². The van der Waals surface area contributed by atoms with E-state index in [0.29, 0.717) is 11.1 Å². The Labute approximate surface area is 133 Å². The Bertz CT molecular complexity index is 867. The quantitative estimate of drug-likeness (QED) is 0.745. The molecule has 112 valence electrons. The van der Waals surface area contributed by atoms with Crippen LogP contribution in [0.25, 0.3) is 0 Å². The van der Waals surface area contributed by atoms with E-state index >= 15 is 0 Å². The Hall–Kier alpha value is -3.20. The molecule has 3 nitrogen and oxygen atoms in total. The zero-order valence-electron chi connectivity index (χ0n) is 12.3. The number of hydrogen-bond donors (Lipinski definition) is 1. The van der Waals surface area contributed by atoms with Crippen molar-refractivity contribution < 1.29 is 14.7 Å². The largest absolute Gasteiger partial charge is 0.507 e.